The van der Waals surface area contributed by atoms with Crippen LogP contribution in [0, 0.1) is 23.2 Å². The highest BCUT2D eigenvalue weighted by Gasteiger charge is 2.58. The van der Waals surface area contributed by atoms with Gasteiger partial charge in [-0.05, 0) is 30.2 Å². The fourth-order valence-electron chi connectivity index (χ4n) is 2.71. The predicted octanol–water partition coefficient (Wildman–Crippen LogP) is 1.09. The van der Waals surface area contributed by atoms with E-state index in [1.54, 1.807) is 0 Å². The molecule has 1 aliphatic heterocycles. The van der Waals surface area contributed by atoms with Crippen LogP contribution in [0.25, 0.3) is 0 Å². The van der Waals surface area contributed by atoms with E-state index in [1.807, 2.05) is 0 Å². The van der Waals surface area contributed by atoms with Gasteiger partial charge in [0.2, 0.25) is 5.91 Å². The second kappa shape index (κ2) is 3.48. The van der Waals surface area contributed by atoms with Gasteiger partial charge in [0.1, 0.15) is 0 Å². The number of nitrogens with two attached hydrogens (primary N) is 1. The van der Waals surface area contributed by atoms with Crippen molar-refractivity contribution in [3.05, 3.63) is 0 Å². The van der Waals surface area contributed by atoms with E-state index in [4.69, 9.17) is 5.73 Å². The third-order valence-electron chi connectivity index (χ3n) is 3.78. The number of amides is 1. The summed E-state index contributed by atoms with van der Waals surface area (Å²) >= 11 is 0. The van der Waals surface area contributed by atoms with E-state index >= 15 is 0 Å². The summed E-state index contributed by atoms with van der Waals surface area (Å²) in [7, 11) is 0. The Labute approximate surface area is 92.0 Å². The first-order valence-corrected chi connectivity index (χ1v) is 5.90. The van der Waals surface area contributed by atoms with E-state index in [0.29, 0.717) is 17.3 Å². The number of primary amides is 1. The average molecular weight is 210 g/mol. The molecule has 3 heteroatoms. The Morgan fingerprint density at radius 3 is 2.27 bits per heavy atom. The number of carbonyl (C=O) groups is 1. The SMILES string of the molecule is CC(C)(C)CCN1C[C@@H]2C(C(N)=O)[C@@H]2C1. The van der Waals surface area contributed by atoms with Gasteiger partial charge >= 0.3 is 0 Å². The summed E-state index contributed by atoms with van der Waals surface area (Å²) in [6, 6.07) is 0. The second-order valence-corrected chi connectivity index (χ2v) is 6.33. The summed E-state index contributed by atoms with van der Waals surface area (Å²) in [4.78, 5) is 13.5. The number of hydrogen-bond donors (Lipinski definition) is 1. The summed E-state index contributed by atoms with van der Waals surface area (Å²) in [5.74, 6) is 1.29. The lowest BCUT2D eigenvalue weighted by molar-refractivity contribution is -0.120. The molecule has 0 spiro atoms. The molecule has 1 unspecified atom stereocenters. The molecule has 3 nitrogen and oxygen atoms in total. The van der Waals surface area contributed by atoms with Gasteiger partial charge in [-0.15, -0.1) is 0 Å². The smallest absolute Gasteiger partial charge is 0.221 e. The van der Waals surface area contributed by atoms with Gasteiger partial charge in [-0.2, -0.15) is 0 Å². The molecule has 2 aliphatic rings. The van der Waals surface area contributed by atoms with Crippen molar-refractivity contribution in [2.75, 3.05) is 19.6 Å². The molecular weight excluding hydrogens is 188 g/mol. The first kappa shape index (κ1) is 10.9. The molecule has 0 radical (unpaired) electrons. The fraction of sp³-hybridized carbons (Fsp3) is 0.917. The molecule has 15 heavy (non-hydrogen) atoms. The molecule has 0 bridgehead atoms. The van der Waals surface area contributed by atoms with Crippen molar-refractivity contribution >= 4 is 5.91 Å². The first-order chi connectivity index (χ1) is 6.88. The highest BCUT2D eigenvalue weighted by Crippen LogP contribution is 2.51. The number of carbonyl (C=O) groups excluding carboxylic acids is 1. The minimum absolute atomic E-state index is 0.0829. The van der Waals surface area contributed by atoms with Crippen molar-refractivity contribution in [2.24, 2.45) is 28.9 Å². The Bertz CT molecular complexity index is 257. The average Bonchev–Trinajstić information content (AvgIpc) is 2.59. The monoisotopic (exact) mass is 210 g/mol. The van der Waals surface area contributed by atoms with Gasteiger partial charge in [-0.25, -0.2) is 0 Å². The van der Waals surface area contributed by atoms with Crippen LogP contribution in [0.1, 0.15) is 27.2 Å². The quantitative estimate of drug-likeness (QED) is 0.758. The summed E-state index contributed by atoms with van der Waals surface area (Å²) in [5, 5.41) is 0. The summed E-state index contributed by atoms with van der Waals surface area (Å²) in [6.07, 6.45) is 1.23. The second-order valence-electron chi connectivity index (χ2n) is 6.33. The number of fused-ring (bicyclic) bond motifs is 1. The van der Waals surface area contributed by atoms with Crippen LogP contribution in [0.4, 0.5) is 0 Å². The van der Waals surface area contributed by atoms with Gasteiger partial charge in [-0.3, -0.25) is 4.79 Å². The standard InChI is InChI=1S/C12H22N2O/c1-12(2,3)4-5-14-6-8-9(7-14)10(8)11(13)15/h8-10H,4-7H2,1-3H3,(H2,13,15)/t8-,9+,10?. The van der Waals surface area contributed by atoms with Gasteiger partial charge < -0.3 is 10.6 Å². The third-order valence-corrected chi connectivity index (χ3v) is 3.78. The van der Waals surface area contributed by atoms with Crippen LogP contribution in [0.2, 0.25) is 0 Å². The van der Waals surface area contributed by atoms with E-state index in [0.717, 1.165) is 13.1 Å². The van der Waals surface area contributed by atoms with Crippen LogP contribution in [0.15, 0.2) is 0 Å². The van der Waals surface area contributed by atoms with Crippen LogP contribution in [0.5, 0.6) is 0 Å². The largest absolute Gasteiger partial charge is 0.369 e. The lowest BCUT2D eigenvalue weighted by Gasteiger charge is -2.24. The summed E-state index contributed by atoms with van der Waals surface area (Å²) in [6.45, 7) is 10.2. The Morgan fingerprint density at radius 2 is 1.87 bits per heavy atom. The number of likely N-dealkylation sites (tertiary alicyclic amines) is 1. The van der Waals surface area contributed by atoms with Crippen LogP contribution < -0.4 is 5.73 Å². The normalized spacial score (nSPS) is 35.3. The highest BCUT2D eigenvalue weighted by molar-refractivity contribution is 5.80. The van der Waals surface area contributed by atoms with Gasteiger partial charge in [0.25, 0.3) is 0 Å². The van der Waals surface area contributed by atoms with E-state index in [9.17, 15) is 4.79 Å². The zero-order valence-corrected chi connectivity index (χ0v) is 9.99. The van der Waals surface area contributed by atoms with Gasteiger partial charge in [0.05, 0.1) is 0 Å². The lowest BCUT2D eigenvalue weighted by atomic mass is 9.92. The molecule has 1 amide bonds. The van der Waals surface area contributed by atoms with E-state index in [2.05, 4.69) is 25.7 Å². The van der Waals surface area contributed by atoms with Crippen molar-refractivity contribution in [2.45, 2.75) is 27.2 Å². The molecule has 1 saturated heterocycles. The minimum atomic E-state index is -0.0829. The van der Waals surface area contributed by atoms with Crippen molar-refractivity contribution in [1.29, 1.82) is 0 Å². The third kappa shape index (κ3) is 2.33. The Hall–Kier alpha value is -0.570. The number of piperidine rings is 1. The van der Waals surface area contributed by atoms with E-state index in [-0.39, 0.29) is 11.8 Å². The van der Waals surface area contributed by atoms with Crippen LogP contribution in [0.3, 0.4) is 0 Å². The van der Waals surface area contributed by atoms with Gasteiger partial charge in [0.15, 0.2) is 0 Å². The Morgan fingerprint density at radius 1 is 1.33 bits per heavy atom. The van der Waals surface area contributed by atoms with Crippen LogP contribution >= 0.6 is 0 Å². The molecule has 1 aliphatic carbocycles. The zero-order chi connectivity index (χ0) is 11.2. The first-order valence-electron chi connectivity index (χ1n) is 5.90. The van der Waals surface area contributed by atoms with Crippen LogP contribution in [-0.2, 0) is 4.79 Å². The van der Waals surface area contributed by atoms with Gasteiger partial charge in [-0.1, -0.05) is 20.8 Å². The summed E-state index contributed by atoms with van der Waals surface area (Å²) < 4.78 is 0. The predicted molar refractivity (Wildman–Crippen MR) is 60.2 cm³/mol. The molecule has 86 valence electrons. The zero-order valence-electron chi connectivity index (χ0n) is 9.99. The lowest BCUT2D eigenvalue weighted by Crippen LogP contribution is -2.30. The molecule has 3 atom stereocenters. The number of rotatable bonds is 3. The Balaban J connectivity index is 1.72. The van der Waals surface area contributed by atoms with E-state index in [1.165, 1.54) is 13.0 Å². The van der Waals surface area contributed by atoms with Crippen LogP contribution in [-0.4, -0.2) is 30.4 Å². The molecule has 0 aromatic heterocycles. The maximum absolute atomic E-state index is 11.0. The van der Waals surface area contributed by atoms with Crippen molar-refractivity contribution in [3.63, 3.8) is 0 Å². The summed E-state index contributed by atoms with van der Waals surface area (Å²) in [5.41, 5.74) is 5.73. The minimum Gasteiger partial charge on any atom is -0.369 e. The fourth-order valence-corrected chi connectivity index (χ4v) is 2.71. The highest BCUT2D eigenvalue weighted by atomic mass is 16.1. The number of nitrogens with zero attached hydrogens (tertiary/aromatic N) is 1. The Kier molecular flexibility index (Phi) is 2.53. The molecule has 2 rings (SSSR count). The molecule has 0 aromatic rings. The van der Waals surface area contributed by atoms with Gasteiger partial charge in [0, 0.05) is 19.0 Å². The maximum Gasteiger partial charge on any atom is 0.221 e. The topological polar surface area (TPSA) is 46.3 Å². The van der Waals surface area contributed by atoms with Crippen molar-refractivity contribution in [1.82, 2.24) is 4.90 Å². The molecule has 2 fully saturated rings. The molecule has 2 N–H and O–H groups in total. The van der Waals surface area contributed by atoms with Crippen molar-refractivity contribution < 1.29 is 4.79 Å². The van der Waals surface area contributed by atoms with Crippen molar-refractivity contribution in [3.8, 4) is 0 Å². The molecular formula is C12H22N2O. The molecule has 1 saturated carbocycles. The molecule has 0 aromatic carbocycles. The maximum atomic E-state index is 11.0. The molecule has 1 heterocycles. The van der Waals surface area contributed by atoms with E-state index < -0.39 is 0 Å². The number of hydrogen-bond acceptors (Lipinski definition) is 2.